The summed E-state index contributed by atoms with van der Waals surface area (Å²) in [7, 11) is 0. The van der Waals surface area contributed by atoms with Gasteiger partial charge in [-0.3, -0.25) is 14.5 Å². The average Bonchev–Trinajstić information content (AvgIpc) is 3.02. The first-order valence-corrected chi connectivity index (χ1v) is 11.0. The first kappa shape index (κ1) is 22.9. The maximum Gasteiger partial charge on any atom is 0.246 e. The van der Waals surface area contributed by atoms with Gasteiger partial charge in [-0.25, -0.2) is 0 Å². The molecule has 0 aliphatic carbocycles. The van der Waals surface area contributed by atoms with Crippen LogP contribution in [0.2, 0.25) is 0 Å². The van der Waals surface area contributed by atoms with Gasteiger partial charge in [0, 0.05) is 30.8 Å². The van der Waals surface area contributed by atoms with E-state index in [1.165, 1.54) is 5.56 Å². The van der Waals surface area contributed by atoms with Gasteiger partial charge in [0.2, 0.25) is 5.91 Å². The molecule has 0 saturated heterocycles. The Hall–Kier alpha value is -2.76. The van der Waals surface area contributed by atoms with Gasteiger partial charge in [0.25, 0.3) is 0 Å². The zero-order valence-corrected chi connectivity index (χ0v) is 19.6. The van der Waals surface area contributed by atoms with Crippen molar-refractivity contribution >= 4 is 12.1 Å². The number of rotatable bonds is 6. The van der Waals surface area contributed by atoms with Gasteiger partial charge >= 0.3 is 0 Å². The molecule has 1 aromatic carbocycles. The molecule has 6 heteroatoms. The quantitative estimate of drug-likeness (QED) is 0.751. The van der Waals surface area contributed by atoms with Crippen molar-refractivity contribution in [3.63, 3.8) is 0 Å². The Morgan fingerprint density at radius 3 is 2.35 bits per heavy atom. The first-order valence-electron chi connectivity index (χ1n) is 11.0. The number of amides is 1. The van der Waals surface area contributed by atoms with Gasteiger partial charge in [0.05, 0.1) is 24.5 Å². The van der Waals surface area contributed by atoms with E-state index in [0.29, 0.717) is 19.0 Å². The molecule has 0 saturated carbocycles. The lowest BCUT2D eigenvalue weighted by atomic mass is 9.74. The van der Waals surface area contributed by atoms with Crippen molar-refractivity contribution in [2.24, 2.45) is 21.7 Å². The molecule has 2 aromatic rings. The van der Waals surface area contributed by atoms with Crippen molar-refractivity contribution in [1.82, 2.24) is 20.3 Å². The van der Waals surface area contributed by atoms with Crippen LogP contribution < -0.4 is 5.32 Å². The summed E-state index contributed by atoms with van der Waals surface area (Å²) in [6.07, 6.45) is 6.25. The third kappa shape index (κ3) is 6.12. The summed E-state index contributed by atoms with van der Waals surface area (Å²) in [6.45, 7) is 14.4. The molecule has 3 rings (SSSR count). The van der Waals surface area contributed by atoms with Crippen LogP contribution in [0.4, 0.5) is 0 Å². The topological polar surface area (TPSA) is 72.2 Å². The number of nitrogens with zero attached hydrogens (tertiary/aromatic N) is 4. The highest BCUT2D eigenvalue weighted by Gasteiger charge is 2.31. The molecule has 31 heavy (non-hydrogen) atoms. The summed E-state index contributed by atoms with van der Waals surface area (Å²) >= 11 is 0. The second-order valence-corrected chi connectivity index (χ2v) is 10.5. The largest absolute Gasteiger partial charge is 0.347 e. The molecule has 0 fully saturated rings. The molecule has 1 N–H and O–H groups in total. The number of carbonyl (C=O) groups excluding carboxylic acids is 1. The summed E-state index contributed by atoms with van der Waals surface area (Å²) < 4.78 is 1.90. The van der Waals surface area contributed by atoms with Crippen molar-refractivity contribution in [3.8, 4) is 0 Å². The summed E-state index contributed by atoms with van der Waals surface area (Å²) in [4.78, 5) is 16.6. The molecule has 0 spiro atoms. The van der Waals surface area contributed by atoms with Crippen LogP contribution in [-0.2, 0) is 17.8 Å². The molecule has 2 unspecified atom stereocenters. The molecule has 6 nitrogen and oxygen atoms in total. The molecule has 0 radical (unpaired) electrons. The van der Waals surface area contributed by atoms with Gasteiger partial charge in [-0.2, -0.15) is 0 Å². The highest BCUT2D eigenvalue weighted by atomic mass is 16.1. The fourth-order valence-corrected chi connectivity index (χ4v) is 4.05. The number of carbonyl (C=O) groups is 1. The normalized spacial score (nSPS) is 17.0. The number of hydrogen-bond acceptors (Lipinski definition) is 4. The minimum Gasteiger partial charge on any atom is -0.347 e. The molecule has 1 aliphatic heterocycles. The minimum atomic E-state index is -0.100. The maximum absolute atomic E-state index is 12.0. The van der Waals surface area contributed by atoms with E-state index in [0.717, 1.165) is 17.8 Å². The van der Waals surface area contributed by atoms with Gasteiger partial charge in [0.1, 0.15) is 0 Å². The van der Waals surface area contributed by atoms with Gasteiger partial charge in [-0.1, -0.05) is 77.1 Å². The molecule has 0 bridgehead atoms. The molecule has 1 amide bonds. The lowest BCUT2D eigenvalue weighted by Gasteiger charge is -2.31. The first-order chi connectivity index (χ1) is 14.5. The van der Waals surface area contributed by atoms with Crippen molar-refractivity contribution in [2.45, 2.75) is 60.4 Å². The summed E-state index contributed by atoms with van der Waals surface area (Å²) in [6, 6.07) is 10.6. The lowest BCUT2D eigenvalue weighted by Crippen LogP contribution is -2.28. The number of aromatic nitrogens is 3. The van der Waals surface area contributed by atoms with Crippen LogP contribution in [0.1, 0.15) is 58.7 Å². The molecular weight excluding hydrogens is 386 g/mol. The lowest BCUT2D eigenvalue weighted by molar-refractivity contribution is -0.116. The minimum absolute atomic E-state index is 0.0367. The Labute approximate surface area is 185 Å². The zero-order valence-electron chi connectivity index (χ0n) is 19.6. The predicted molar refractivity (Wildman–Crippen MR) is 125 cm³/mol. The Morgan fingerprint density at radius 2 is 1.71 bits per heavy atom. The van der Waals surface area contributed by atoms with E-state index in [2.05, 4.69) is 92.5 Å². The molecule has 166 valence electrons. The maximum atomic E-state index is 12.0. The highest BCUT2D eigenvalue weighted by molar-refractivity contribution is 5.91. The summed E-state index contributed by atoms with van der Waals surface area (Å²) in [5, 5.41) is 11.7. The van der Waals surface area contributed by atoms with Crippen molar-refractivity contribution in [1.29, 1.82) is 0 Å². The number of benzene rings is 1. The van der Waals surface area contributed by atoms with Gasteiger partial charge in [-0.15, -0.1) is 5.10 Å². The molecule has 2 heterocycles. The third-order valence-corrected chi connectivity index (χ3v) is 5.91. The van der Waals surface area contributed by atoms with E-state index >= 15 is 0 Å². The van der Waals surface area contributed by atoms with Crippen LogP contribution >= 0.6 is 0 Å². The summed E-state index contributed by atoms with van der Waals surface area (Å²) in [5.74, 6) is 0.279. The predicted octanol–water partition coefficient (Wildman–Crippen LogP) is 4.40. The summed E-state index contributed by atoms with van der Waals surface area (Å²) in [5.41, 5.74) is 3.11. The average molecular weight is 422 g/mol. The van der Waals surface area contributed by atoms with E-state index in [1.54, 1.807) is 12.3 Å². The van der Waals surface area contributed by atoms with Crippen molar-refractivity contribution in [2.75, 3.05) is 6.54 Å². The van der Waals surface area contributed by atoms with E-state index in [1.807, 2.05) is 10.9 Å². The molecular formula is C25H35N5O. The molecule has 2 atom stereocenters. The van der Waals surface area contributed by atoms with Crippen LogP contribution in [-0.4, -0.2) is 33.7 Å². The highest BCUT2D eigenvalue weighted by Crippen LogP contribution is 2.38. The van der Waals surface area contributed by atoms with Crippen LogP contribution in [0.25, 0.3) is 0 Å². The van der Waals surface area contributed by atoms with E-state index in [4.69, 9.17) is 0 Å². The Kier molecular flexibility index (Phi) is 6.77. The number of nitrogens with one attached hydrogen (secondary N) is 1. The fraction of sp³-hybridized carbons (Fsp3) is 0.520. The smallest absolute Gasteiger partial charge is 0.246 e. The van der Waals surface area contributed by atoms with Gasteiger partial charge in [0.15, 0.2) is 0 Å². The molecule has 1 aliphatic rings. The standard InChI is InChI=1S/C25H35N5O/c1-24(2,3)20(18-10-8-7-9-11-18)14-19-16-30(29-28-19)17-21(25(4,5)6)22-15-23(31)27-13-12-26-22/h7-12,15-16,20-21H,13-14,17H2,1-6H3,(H,27,31). The van der Waals surface area contributed by atoms with E-state index < -0.39 is 0 Å². The third-order valence-electron chi connectivity index (χ3n) is 5.91. The Bertz CT molecular complexity index is 944. The second kappa shape index (κ2) is 9.16. The zero-order chi connectivity index (χ0) is 22.6. The Balaban J connectivity index is 1.82. The Morgan fingerprint density at radius 1 is 1.03 bits per heavy atom. The monoisotopic (exact) mass is 421 g/mol. The van der Waals surface area contributed by atoms with Gasteiger partial charge < -0.3 is 5.32 Å². The molecule has 1 aromatic heterocycles. The van der Waals surface area contributed by atoms with E-state index in [9.17, 15) is 4.79 Å². The fourth-order valence-electron chi connectivity index (χ4n) is 4.05. The van der Waals surface area contributed by atoms with E-state index in [-0.39, 0.29) is 22.7 Å². The van der Waals surface area contributed by atoms with Crippen LogP contribution in [0, 0.1) is 16.7 Å². The van der Waals surface area contributed by atoms with Crippen LogP contribution in [0.15, 0.2) is 53.3 Å². The van der Waals surface area contributed by atoms with Crippen molar-refractivity contribution < 1.29 is 4.79 Å². The van der Waals surface area contributed by atoms with Gasteiger partial charge in [-0.05, 0) is 22.3 Å². The number of aliphatic imine (C=N–C) groups is 1. The van der Waals surface area contributed by atoms with Crippen LogP contribution in [0.5, 0.6) is 0 Å². The van der Waals surface area contributed by atoms with Crippen LogP contribution in [0.3, 0.4) is 0 Å². The number of allylic oxidation sites excluding steroid dienone is 1. The SMILES string of the molecule is CC(C)(C)C(Cn1cc(CC(c2ccccc2)C(C)(C)C)nn1)C1=CC(=O)NCC=N1. The van der Waals surface area contributed by atoms with Crippen molar-refractivity contribution in [3.05, 3.63) is 59.6 Å². The second-order valence-electron chi connectivity index (χ2n) is 10.5. The number of hydrogen-bond donors (Lipinski definition) is 1.